The second kappa shape index (κ2) is 12.7. The summed E-state index contributed by atoms with van der Waals surface area (Å²) in [5.74, 6) is -0.975. The van der Waals surface area contributed by atoms with E-state index in [-0.39, 0.29) is 31.2 Å². The van der Waals surface area contributed by atoms with E-state index in [2.05, 4.69) is 125 Å². The first-order valence-corrected chi connectivity index (χ1v) is 15.3. The Balaban J connectivity index is 0.000000297. The second-order valence-electron chi connectivity index (χ2n) is 12.7. The van der Waals surface area contributed by atoms with E-state index in [0.29, 0.717) is 0 Å². The van der Waals surface area contributed by atoms with E-state index in [0.717, 1.165) is 33.6 Å². The maximum absolute atomic E-state index is 10.4. The summed E-state index contributed by atoms with van der Waals surface area (Å²) >= 11 is 0. The van der Waals surface area contributed by atoms with E-state index in [4.69, 9.17) is 10.1 Å². The van der Waals surface area contributed by atoms with E-state index in [9.17, 15) is 4.79 Å². The number of aromatic nitrogens is 2. The van der Waals surface area contributed by atoms with Crippen molar-refractivity contribution in [3.8, 4) is 33.5 Å². The summed E-state index contributed by atoms with van der Waals surface area (Å²) in [6.45, 7) is 14.7. The molecule has 2 aromatic heterocycles. The molecule has 4 nitrogen and oxygen atoms in total. The maximum Gasteiger partial charge on any atom is 0.354 e. The van der Waals surface area contributed by atoms with Crippen LogP contribution in [0.2, 0.25) is 0 Å². The van der Waals surface area contributed by atoms with E-state index >= 15 is 0 Å². The van der Waals surface area contributed by atoms with Gasteiger partial charge < -0.3 is 5.11 Å². The first kappa shape index (κ1) is 32.9. The van der Waals surface area contributed by atoms with Crippen LogP contribution in [0.25, 0.3) is 44.4 Å². The van der Waals surface area contributed by atoms with Crippen LogP contribution < -0.4 is 0 Å². The van der Waals surface area contributed by atoms with Gasteiger partial charge in [0.25, 0.3) is 0 Å². The molecule has 2 heterocycles. The Bertz CT molecular complexity index is 2090. The summed E-state index contributed by atoms with van der Waals surface area (Å²) < 4.78 is 0. The van der Waals surface area contributed by atoms with Gasteiger partial charge in [0.1, 0.15) is 5.69 Å². The smallest absolute Gasteiger partial charge is 0.354 e. The van der Waals surface area contributed by atoms with Gasteiger partial charge in [0.2, 0.25) is 0 Å². The minimum Gasteiger partial charge on any atom is -0.477 e. The first-order chi connectivity index (χ1) is 21.4. The molecule has 0 saturated carbocycles. The number of aryl methyl sites for hydroxylation is 5. The fraction of sp³-hybridized carbons (Fsp3) is 0.195. The monoisotopic (exact) mass is 782 g/mol. The third-order valence-corrected chi connectivity index (χ3v) is 8.58. The Morgan fingerprint density at radius 3 is 2.13 bits per heavy atom. The molecule has 0 atom stereocenters. The van der Waals surface area contributed by atoms with Gasteiger partial charge in [0.15, 0.2) is 0 Å². The van der Waals surface area contributed by atoms with E-state index in [1.807, 2.05) is 13.0 Å². The zero-order valence-electron chi connectivity index (χ0n) is 27.2. The van der Waals surface area contributed by atoms with Crippen LogP contribution in [0.3, 0.4) is 0 Å². The topological polar surface area (TPSA) is 63.1 Å². The zero-order chi connectivity index (χ0) is 32.0. The zero-order valence-corrected chi connectivity index (χ0v) is 29.6. The van der Waals surface area contributed by atoms with E-state index < -0.39 is 5.97 Å². The van der Waals surface area contributed by atoms with Crippen molar-refractivity contribution in [2.75, 3.05) is 0 Å². The molecule has 46 heavy (non-hydrogen) atoms. The number of aromatic carboxylic acids is 1. The summed E-state index contributed by atoms with van der Waals surface area (Å²) in [7, 11) is 0. The fourth-order valence-corrected chi connectivity index (χ4v) is 6.59. The van der Waals surface area contributed by atoms with Crippen molar-refractivity contribution in [3.63, 3.8) is 0 Å². The van der Waals surface area contributed by atoms with Crippen LogP contribution in [0.1, 0.15) is 63.4 Å². The van der Waals surface area contributed by atoms with Crippen LogP contribution in [0.15, 0.2) is 91.0 Å². The Labute approximate surface area is 284 Å². The number of carboxylic acid groups (broad SMARTS) is 1. The van der Waals surface area contributed by atoms with Gasteiger partial charge in [0, 0.05) is 36.6 Å². The maximum atomic E-state index is 10.4. The van der Waals surface area contributed by atoms with Gasteiger partial charge in [-0.2, -0.15) is 0 Å². The number of nitrogens with zero attached hydrogens (tertiary/aromatic N) is 2. The molecular formula is C41H37IrN2O2-. The summed E-state index contributed by atoms with van der Waals surface area (Å²) in [4.78, 5) is 19.5. The Kier molecular flexibility index (Phi) is 9.13. The third kappa shape index (κ3) is 6.31. The van der Waals surface area contributed by atoms with Crippen LogP contribution in [0, 0.1) is 40.7 Å². The van der Waals surface area contributed by atoms with E-state index in [1.165, 1.54) is 49.9 Å². The molecule has 0 bridgehead atoms. The van der Waals surface area contributed by atoms with Gasteiger partial charge in [-0.15, -0.1) is 34.9 Å². The predicted octanol–water partition coefficient (Wildman–Crippen LogP) is 9.99. The van der Waals surface area contributed by atoms with Gasteiger partial charge in [0.05, 0.1) is 5.52 Å². The molecule has 1 aliphatic carbocycles. The number of benzene rings is 4. The summed E-state index contributed by atoms with van der Waals surface area (Å²) in [5, 5.41) is 9.77. The van der Waals surface area contributed by atoms with Gasteiger partial charge in [-0.05, 0) is 89.7 Å². The molecule has 0 fully saturated rings. The third-order valence-electron chi connectivity index (χ3n) is 8.58. The number of carbonyl (C=O) groups is 1. The average Bonchev–Trinajstić information content (AvgIpc) is 3.20. The van der Waals surface area contributed by atoms with Crippen LogP contribution in [-0.2, 0) is 25.5 Å². The Morgan fingerprint density at radius 1 is 0.696 bits per heavy atom. The summed E-state index contributed by atoms with van der Waals surface area (Å²) in [5.41, 5.74) is 16.3. The van der Waals surface area contributed by atoms with Crippen LogP contribution >= 0.6 is 0 Å². The quantitative estimate of drug-likeness (QED) is 0.182. The minimum absolute atomic E-state index is 0. The van der Waals surface area contributed by atoms with Crippen LogP contribution in [-0.4, -0.2) is 21.0 Å². The molecule has 0 amide bonds. The van der Waals surface area contributed by atoms with Crippen molar-refractivity contribution in [3.05, 3.63) is 142 Å². The van der Waals surface area contributed by atoms with Crippen molar-refractivity contribution in [2.45, 2.75) is 53.9 Å². The molecule has 6 aromatic rings. The predicted molar refractivity (Wildman–Crippen MR) is 184 cm³/mol. The van der Waals surface area contributed by atoms with Crippen LogP contribution in [0.5, 0.6) is 0 Å². The van der Waals surface area contributed by atoms with Gasteiger partial charge in [-0.1, -0.05) is 87.9 Å². The largest absolute Gasteiger partial charge is 0.477 e. The number of hydrogen-bond donors (Lipinski definition) is 1. The van der Waals surface area contributed by atoms with Gasteiger partial charge in [-0.25, -0.2) is 9.78 Å². The standard InChI is InChI=1S/C33H28N.C8H9NO2.Ir/c1-20-9-8-10-23(14-20)26-18-31(24-15-21(2)13-22(3)16-24)34-32-19-30-27(17-28(26)32)25-11-6-7-12-29(25)33(30,4)5;1-5-3-6(2)9-7(4-5)8(10)11;/h6-15,17-19H,1-5H3;3-4H,1-2H3,(H,10,11);/q-1;;. The van der Waals surface area contributed by atoms with Crippen molar-refractivity contribution in [2.24, 2.45) is 0 Å². The number of fused-ring (bicyclic) bond motifs is 4. The minimum atomic E-state index is -0.975. The molecule has 1 N–H and O–H groups in total. The van der Waals surface area contributed by atoms with Crippen molar-refractivity contribution in [1.82, 2.24) is 9.97 Å². The molecular weight excluding hydrogens is 745 g/mol. The van der Waals surface area contributed by atoms with Gasteiger partial charge in [-0.3, -0.25) is 4.98 Å². The number of pyridine rings is 2. The summed E-state index contributed by atoms with van der Waals surface area (Å²) in [6.07, 6.45) is 0. The average molecular weight is 782 g/mol. The molecule has 1 aliphatic rings. The number of carboxylic acids is 1. The van der Waals surface area contributed by atoms with E-state index in [1.54, 1.807) is 13.0 Å². The van der Waals surface area contributed by atoms with Crippen molar-refractivity contribution in [1.29, 1.82) is 0 Å². The fourth-order valence-electron chi connectivity index (χ4n) is 6.59. The molecule has 0 aliphatic heterocycles. The normalized spacial score (nSPS) is 12.4. The summed E-state index contributed by atoms with van der Waals surface area (Å²) in [6, 6.07) is 35.8. The molecule has 1 radical (unpaired) electrons. The van der Waals surface area contributed by atoms with Crippen molar-refractivity contribution < 1.29 is 30.0 Å². The van der Waals surface area contributed by atoms with Gasteiger partial charge >= 0.3 is 5.97 Å². The second-order valence-corrected chi connectivity index (χ2v) is 12.7. The molecule has 0 spiro atoms. The molecule has 233 valence electrons. The Morgan fingerprint density at radius 2 is 1.43 bits per heavy atom. The first-order valence-electron chi connectivity index (χ1n) is 15.3. The Hall–Kier alpha value is -4.44. The molecule has 0 unspecified atom stereocenters. The molecule has 0 saturated heterocycles. The van der Waals surface area contributed by atoms with Crippen molar-refractivity contribution >= 4 is 16.9 Å². The number of rotatable bonds is 3. The van der Waals surface area contributed by atoms with Crippen LogP contribution in [0.4, 0.5) is 0 Å². The number of hydrogen-bond acceptors (Lipinski definition) is 3. The SMILES string of the molecule is Cc1[c-]c(-c2cc(-c3cccc(C)c3)c3cc4c(cc3n2)C(C)(C)c2ccccc2-4)cc(C)c1.Cc1cc(C)nc(C(=O)O)c1.[Ir]. The molecule has 5 heteroatoms. The molecule has 7 rings (SSSR count). The molecule has 4 aromatic carbocycles.